The highest BCUT2D eigenvalue weighted by Gasteiger charge is 2.29. The molecule has 2 heterocycles. The van der Waals surface area contributed by atoms with Gasteiger partial charge < -0.3 is 10.6 Å². The van der Waals surface area contributed by atoms with E-state index in [1.54, 1.807) is 0 Å². The van der Waals surface area contributed by atoms with Gasteiger partial charge in [-0.2, -0.15) is 0 Å². The number of hydrogen-bond acceptors (Lipinski definition) is 4. The van der Waals surface area contributed by atoms with Crippen LogP contribution in [0.1, 0.15) is 23.8 Å². The molecule has 1 atom stereocenters. The molecule has 1 saturated heterocycles. The Balaban J connectivity index is 1.58. The first kappa shape index (κ1) is 14.0. The summed E-state index contributed by atoms with van der Waals surface area (Å²) in [4.78, 5) is 6.57. The average Bonchev–Trinajstić information content (AvgIpc) is 3.14. The minimum atomic E-state index is 0.387. The van der Waals surface area contributed by atoms with Crippen molar-refractivity contribution < 1.29 is 0 Å². The molecule has 2 aliphatic rings. The first-order valence-electron chi connectivity index (χ1n) is 7.17. The van der Waals surface area contributed by atoms with Crippen LogP contribution in [0.3, 0.4) is 0 Å². The van der Waals surface area contributed by atoms with E-state index in [9.17, 15) is 0 Å². The summed E-state index contributed by atoms with van der Waals surface area (Å²) in [5.41, 5.74) is 6.02. The van der Waals surface area contributed by atoms with Gasteiger partial charge in [-0.1, -0.05) is 0 Å². The predicted molar refractivity (Wildman–Crippen MR) is 84.6 cm³/mol. The quantitative estimate of drug-likeness (QED) is 0.891. The first-order valence-corrected chi connectivity index (χ1v) is 8.84. The smallest absolute Gasteiger partial charge is 0.0576 e. The van der Waals surface area contributed by atoms with Crippen LogP contribution in [0, 0.1) is 5.92 Å². The van der Waals surface area contributed by atoms with Gasteiger partial charge in [-0.3, -0.25) is 4.90 Å². The molecule has 2 fully saturated rings. The van der Waals surface area contributed by atoms with Crippen molar-refractivity contribution in [3.8, 4) is 0 Å². The second kappa shape index (κ2) is 6.22. The summed E-state index contributed by atoms with van der Waals surface area (Å²) >= 11 is 5.46. The molecule has 2 N–H and O–H groups in total. The Hall–Kier alpha value is 0.0600. The van der Waals surface area contributed by atoms with Gasteiger partial charge in [-0.05, 0) is 46.1 Å². The Morgan fingerprint density at radius 3 is 2.58 bits per heavy atom. The van der Waals surface area contributed by atoms with Crippen LogP contribution in [0.4, 0.5) is 0 Å². The molecule has 1 saturated carbocycles. The summed E-state index contributed by atoms with van der Waals surface area (Å²) < 4.78 is 1.22. The number of hydrogen-bond donors (Lipinski definition) is 1. The predicted octanol–water partition coefficient (Wildman–Crippen LogP) is 2.54. The third-order valence-electron chi connectivity index (χ3n) is 4.23. The van der Waals surface area contributed by atoms with Crippen LogP contribution >= 0.6 is 27.3 Å². The normalized spacial score (nSPS) is 23.7. The van der Waals surface area contributed by atoms with Crippen molar-refractivity contribution >= 4 is 27.3 Å². The third-order valence-corrected chi connectivity index (χ3v) is 6.20. The van der Waals surface area contributed by atoms with Gasteiger partial charge in [0.05, 0.1) is 6.04 Å². The highest BCUT2D eigenvalue weighted by molar-refractivity contribution is 9.10. The highest BCUT2D eigenvalue weighted by atomic mass is 79.9. The van der Waals surface area contributed by atoms with Crippen molar-refractivity contribution in [2.75, 3.05) is 39.3 Å². The van der Waals surface area contributed by atoms with E-state index in [2.05, 4.69) is 37.2 Å². The van der Waals surface area contributed by atoms with Gasteiger partial charge in [-0.15, -0.1) is 11.3 Å². The van der Waals surface area contributed by atoms with Crippen molar-refractivity contribution in [3.63, 3.8) is 0 Å². The molecule has 3 rings (SSSR count). The molecule has 1 aromatic heterocycles. The van der Waals surface area contributed by atoms with Crippen molar-refractivity contribution in [3.05, 3.63) is 20.8 Å². The van der Waals surface area contributed by atoms with Crippen LogP contribution in [0.5, 0.6) is 0 Å². The number of thiophene rings is 1. The Bertz CT molecular complexity index is 411. The van der Waals surface area contributed by atoms with Gasteiger partial charge >= 0.3 is 0 Å². The maximum Gasteiger partial charge on any atom is 0.0576 e. The molecule has 0 spiro atoms. The molecule has 3 nitrogen and oxygen atoms in total. The molecular formula is C14H22BrN3S. The monoisotopic (exact) mass is 343 g/mol. The van der Waals surface area contributed by atoms with E-state index in [1.807, 2.05) is 11.3 Å². The number of halogens is 1. The summed E-state index contributed by atoms with van der Waals surface area (Å²) in [5.74, 6) is 1.00. The topological polar surface area (TPSA) is 32.5 Å². The van der Waals surface area contributed by atoms with Crippen molar-refractivity contribution in [1.82, 2.24) is 9.80 Å². The van der Waals surface area contributed by atoms with E-state index in [0.717, 1.165) is 19.0 Å². The maximum atomic E-state index is 6.02. The maximum absolute atomic E-state index is 6.02. The number of rotatable bonds is 5. The van der Waals surface area contributed by atoms with Gasteiger partial charge in [0.1, 0.15) is 0 Å². The van der Waals surface area contributed by atoms with Crippen LogP contribution in [0.15, 0.2) is 15.9 Å². The van der Waals surface area contributed by atoms with Crippen LogP contribution in [0.25, 0.3) is 0 Å². The van der Waals surface area contributed by atoms with Gasteiger partial charge in [0.2, 0.25) is 0 Å². The summed E-state index contributed by atoms with van der Waals surface area (Å²) in [7, 11) is 0. The minimum Gasteiger partial charge on any atom is -0.329 e. The molecule has 1 aliphatic carbocycles. The van der Waals surface area contributed by atoms with Crippen molar-refractivity contribution in [2.45, 2.75) is 18.9 Å². The third kappa shape index (κ3) is 3.39. The Kier molecular flexibility index (Phi) is 4.59. The van der Waals surface area contributed by atoms with Gasteiger partial charge in [0, 0.05) is 48.6 Å². The zero-order chi connectivity index (χ0) is 13.2. The second-order valence-corrected chi connectivity index (χ2v) is 7.47. The Morgan fingerprint density at radius 2 is 2.05 bits per heavy atom. The van der Waals surface area contributed by atoms with E-state index >= 15 is 0 Å². The largest absolute Gasteiger partial charge is 0.329 e. The van der Waals surface area contributed by atoms with Gasteiger partial charge in [0.25, 0.3) is 0 Å². The fraction of sp³-hybridized carbons (Fsp3) is 0.714. The Labute approximate surface area is 127 Å². The van der Waals surface area contributed by atoms with Crippen LogP contribution in [0.2, 0.25) is 0 Å². The fourth-order valence-corrected chi connectivity index (χ4v) is 4.67. The molecule has 0 amide bonds. The summed E-state index contributed by atoms with van der Waals surface area (Å²) in [6.07, 6.45) is 2.90. The van der Waals surface area contributed by atoms with E-state index in [-0.39, 0.29) is 0 Å². The van der Waals surface area contributed by atoms with E-state index in [4.69, 9.17) is 5.73 Å². The lowest BCUT2D eigenvalue weighted by molar-refractivity contribution is 0.0966. The van der Waals surface area contributed by atoms with E-state index in [0.29, 0.717) is 12.6 Å². The summed E-state index contributed by atoms with van der Waals surface area (Å²) in [6, 6.07) is 2.52. The zero-order valence-electron chi connectivity index (χ0n) is 11.2. The average molecular weight is 344 g/mol. The van der Waals surface area contributed by atoms with Gasteiger partial charge in [0.15, 0.2) is 0 Å². The summed E-state index contributed by atoms with van der Waals surface area (Å²) in [6.45, 7) is 6.75. The minimum absolute atomic E-state index is 0.387. The molecule has 19 heavy (non-hydrogen) atoms. The molecular weight excluding hydrogens is 322 g/mol. The SMILES string of the molecule is NCC(c1sccc1Br)N1CCN(CC2CC2)CC1. The molecule has 0 radical (unpaired) electrons. The van der Waals surface area contributed by atoms with Crippen LogP contribution in [-0.4, -0.2) is 49.1 Å². The zero-order valence-corrected chi connectivity index (χ0v) is 13.6. The van der Waals surface area contributed by atoms with Crippen molar-refractivity contribution in [2.24, 2.45) is 11.7 Å². The first-order chi connectivity index (χ1) is 9.28. The molecule has 5 heteroatoms. The number of piperazine rings is 1. The number of nitrogens with zero attached hydrogens (tertiary/aromatic N) is 2. The highest BCUT2D eigenvalue weighted by Crippen LogP contribution is 2.33. The molecule has 1 aromatic rings. The summed E-state index contributed by atoms with van der Waals surface area (Å²) in [5, 5.41) is 2.14. The van der Waals surface area contributed by atoms with Gasteiger partial charge in [-0.25, -0.2) is 0 Å². The molecule has 0 aromatic carbocycles. The molecule has 1 aliphatic heterocycles. The second-order valence-electron chi connectivity index (χ2n) is 5.66. The Morgan fingerprint density at radius 1 is 1.32 bits per heavy atom. The van der Waals surface area contributed by atoms with Crippen molar-refractivity contribution in [1.29, 1.82) is 0 Å². The molecule has 106 valence electrons. The van der Waals surface area contributed by atoms with E-state index < -0.39 is 0 Å². The lowest BCUT2D eigenvalue weighted by atomic mass is 10.1. The van der Waals surface area contributed by atoms with Crippen LogP contribution < -0.4 is 5.73 Å². The standard InChI is InChI=1S/C14H22BrN3S/c15-12-3-8-19-14(12)13(9-16)18-6-4-17(5-7-18)10-11-1-2-11/h3,8,11,13H,1-2,4-7,9-10,16H2. The van der Waals surface area contributed by atoms with E-state index in [1.165, 1.54) is 41.8 Å². The lowest BCUT2D eigenvalue weighted by Gasteiger charge is -2.38. The lowest BCUT2D eigenvalue weighted by Crippen LogP contribution is -2.49. The molecule has 0 bridgehead atoms. The fourth-order valence-electron chi connectivity index (χ4n) is 2.89. The number of nitrogens with two attached hydrogens (primary N) is 1. The molecule has 1 unspecified atom stereocenters. The van der Waals surface area contributed by atoms with Crippen LogP contribution in [-0.2, 0) is 0 Å².